The van der Waals surface area contributed by atoms with E-state index in [1.165, 1.54) is 0 Å². The van der Waals surface area contributed by atoms with E-state index in [0.29, 0.717) is 51.9 Å². The highest BCUT2D eigenvalue weighted by Gasteiger charge is 2.30. The van der Waals surface area contributed by atoms with E-state index in [-0.39, 0.29) is 45.9 Å². The summed E-state index contributed by atoms with van der Waals surface area (Å²) >= 11 is 5.73. The van der Waals surface area contributed by atoms with Crippen molar-refractivity contribution >= 4 is 35.6 Å². The summed E-state index contributed by atoms with van der Waals surface area (Å²) in [5, 5.41) is 14.3. The molecule has 55 heavy (non-hydrogen) atoms. The van der Waals surface area contributed by atoms with Gasteiger partial charge in [-0.1, -0.05) is 11.6 Å². The second kappa shape index (κ2) is 19.5. The van der Waals surface area contributed by atoms with E-state index >= 15 is 0 Å². The predicted molar refractivity (Wildman–Crippen MR) is 188 cm³/mol. The number of hydrogen-bond acceptors (Lipinski definition) is 11. The third-order valence-corrected chi connectivity index (χ3v) is 7.95. The van der Waals surface area contributed by atoms with Gasteiger partial charge in [-0.3, -0.25) is 9.59 Å². The normalized spacial score (nSPS) is 15.3. The Bertz CT molecular complexity index is 1700. The van der Waals surface area contributed by atoms with Gasteiger partial charge in [0.25, 0.3) is 11.8 Å². The topological polar surface area (TPSA) is 185 Å². The zero-order chi connectivity index (χ0) is 41.1. The second-order valence-electron chi connectivity index (χ2n) is 14.4. The maximum atomic E-state index is 12.5. The maximum absolute atomic E-state index is 12.5. The molecule has 0 aliphatic carbocycles. The Hall–Kier alpha value is -5.12. The summed E-state index contributed by atoms with van der Waals surface area (Å²) in [6.45, 7) is 6.27. The van der Waals surface area contributed by atoms with Gasteiger partial charge >= 0.3 is 25.4 Å². The molecule has 0 bridgehead atoms. The molecule has 0 saturated carbocycles. The molecule has 4 rings (SSSR count). The average molecular weight is 802 g/mol. The summed E-state index contributed by atoms with van der Waals surface area (Å²) in [6, 6.07) is 3.38. The Balaban J connectivity index is 0.000000296. The smallest absolute Gasteiger partial charge is 0.410 e. The molecule has 0 aromatic carbocycles. The molecule has 0 spiro atoms. The van der Waals surface area contributed by atoms with Crippen LogP contribution >= 0.6 is 11.6 Å². The third-order valence-electron chi connectivity index (χ3n) is 7.67. The van der Waals surface area contributed by atoms with Crippen molar-refractivity contribution in [2.75, 3.05) is 26.2 Å². The van der Waals surface area contributed by atoms with Crippen LogP contribution in [-0.4, -0.2) is 106 Å². The maximum Gasteiger partial charge on any atom is 0.410 e. The van der Waals surface area contributed by atoms with Crippen molar-refractivity contribution in [2.24, 2.45) is 0 Å². The zero-order valence-electron chi connectivity index (χ0n) is 31.2. The molecule has 0 atom stereocenters. The molecule has 2 saturated heterocycles. The van der Waals surface area contributed by atoms with Gasteiger partial charge in [0.15, 0.2) is 0 Å². The third kappa shape index (κ3) is 14.9. The van der Waals surface area contributed by atoms with Gasteiger partial charge in [0, 0.05) is 56.6 Å². The number of hydrogen-bond donors (Lipinski definition) is 2. The summed E-state index contributed by atoms with van der Waals surface area (Å²) in [5.41, 5.74) is -1.56. The minimum absolute atomic E-state index is 0.0791. The first-order chi connectivity index (χ1) is 25.6. The number of halogens is 5. The first-order valence-corrected chi connectivity index (χ1v) is 17.5. The average Bonchev–Trinajstić information content (AvgIpc) is 3.08. The lowest BCUT2D eigenvalue weighted by Crippen LogP contribution is -2.47. The molecule has 2 fully saturated rings. The molecule has 2 aliphatic rings. The molecule has 4 amide bonds. The summed E-state index contributed by atoms with van der Waals surface area (Å²) in [4.78, 5) is 59.6. The SMILES string of the molecule is CC(C)(C)OC(=O)N1CCC(NC(=O)c2cc(OC(F)F)c(C#N)cn2)CC1.CC(C)(C)OC(=O)N1CCC(NC(=O)c2cc(OC(F)F)c(Cl)cn2)CC1. The lowest BCUT2D eigenvalue weighted by molar-refractivity contribution is -0.0506. The van der Waals surface area contributed by atoms with Gasteiger partial charge in [0.05, 0.1) is 6.20 Å². The standard InChI is InChI=1S/C18H22F2N4O4.C17H22ClF2N3O4/c1-18(2,3)28-17(26)24-6-4-12(5-7-24)23-15(25)13-8-14(27-16(19)20)11(9-21)10-22-13;1-17(2,3)27-16(25)23-6-4-10(5-7-23)22-14(24)12-8-13(26-15(19)20)11(18)9-21-12/h8,10,12,16H,4-7H2,1-3H3,(H,23,25);8-10,15H,4-7H2,1-3H3,(H,22,24). The fourth-order valence-electron chi connectivity index (χ4n) is 5.15. The number of pyridine rings is 2. The van der Waals surface area contributed by atoms with E-state index in [4.69, 9.17) is 26.3 Å². The van der Waals surface area contributed by atoms with Gasteiger partial charge in [-0.2, -0.15) is 22.8 Å². The van der Waals surface area contributed by atoms with Crippen molar-refractivity contribution in [2.45, 2.75) is 104 Å². The molecule has 2 aromatic heterocycles. The molecule has 0 radical (unpaired) electrons. The molecule has 0 unspecified atom stereocenters. The summed E-state index contributed by atoms with van der Waals surface area (Å²) in [5.74, 6) is -1.82. The van der Waals surface area contributed by atoms with Crippen LogP contribution in [0.25, 0.3) is 0 Å². The van der Waals surface area contributed by atoms with Gasteiger partial charge < -0.3 is 39.4 Å². The first kappa shape index (κ1) is 44.3. The number of likely N-dealkylation sites (tertiary alicyclic amines) is 2. The van der Waals surface area contributed by atoms with Gasteiger partial charge in [-0.05, 0) is 67.2 Å². The number of nitrogens with zero attached hydrogens (tertiary/aromatic N) is 5. The number of aromatic nitrogens is 2. The van der Waals surface area contributed by atoms with Gasteiger partial charge in [-0.25, -0.2) is 19.6 Å². The lowest BCUT2D eigenvalue weighted by Gasteiger charge is -2.33. The Labute approximate surface area is 320 Å². The fourth-order valence-corrected chi connectivity index (χ4v) is 5.30. The van der Waals surface area contributed by atoms with Crippen molar-refractivity contribution in [3.8, 4) is 17.6 Å². The highest BCUT2D eigenvalue weighted by molar-refractivity contribution is 6.32. The number of amides is 4. The number of nitriles is 1. The van der Waals surface area contributed by atoms with Gasteiger partial charge in [0.1, 0.15) is 50.7 Å². The Kier molecular flexibility index (Phi) is 15.7. The van der Waals surface area contributed by atoms with Gasteiger partial charge in [0.2, 0.25) is 0 Å². The molecule has 2 aliphatic heterocycles. The predicted octanol–water partition coefficient (Wildman–Crippen LogP) is 6.15. The summed E-state index contributed by atoms with van der Waals surface area (Å²) in [6.07, 6.45) is 3.42. The Morgan fingerprint density at radius 3 is 1.51 bits per heavy atom. The van der Waals surface area contributed by atoms with E-state index < -0.39 is 48.1 Å². The van der Waals surface area contributed by atoms with Crippen LogP contribution in [0.3, 0.4) is 0 Å². The first-order valence-electron chi connectivity index (χ1n) is 17.2. The summed E-state index contributed by atoms with van der Waals surface area (Å²) in [7, 11) is 0. The molecule has 4 heterocycles. The molecular formula is C35H44ClF4N7O8. The van der Waals surface area contributed by atoms with Crippen LogP contribution in [-0.2, 0) is 9.47 Å². The Morgan fingerprint density at radius 2 is 1.13 bits per heavy atom. The van der Waals surface area contributed by atoms with E-state index in [1.54, 1.807) is 57.4 Å². The van der Waals surface area contributed by atoms with Crippen LogP contribution in [0.15, 0.2) is 24.5 Å². The van der Waals surface area contributed by atoms with Crippen LogP contribution in [0.1, 0.15) is 93.8 Å². The fraction of sp³-hybridized carbons (Fsp3) is 0.571. The molecule has 20 heteroatoms. The van der Waals surface area contributed by atoms with Crippen molar-refractivity contribution in [3.63, 3.8) is 0 Å². The number of piperidine rings is 2. The number of carbonyl (C=O) groups excluding carboxylic acids is 4. The summed E-state index contributed by atoms with van der Waals surface area (Å²) < 4.78 is 68.8. The van der Waals surface area contributed by atoms with Crippen molar-refractivity contribution < 1.29 is 55.7 Å². The lowest BCUT2D eigenvalue weighted by atomic mass is 10.1. The van der Waals surface area contributed by atoms with Crippen LogP contribution in [0.5, 0.6) is 11.5 Å². The van der Waals surface area contributed by atoms with Crippen LogP contribution in [0.2, 0.25) is 5.02 Å². The minimum Gasteiger partial charge on any atom is -0.444 e. The van der Waals surface area contributed by atoms with Crippen molar-refractivity contribution in [1.29, 1.82) is 5.26 Å². The zero-order valence-corrected chi connectivity index (χ0v) is 31.9. The van der Waals surface area contributed by atoms with E-state index in [0.717, 1.165) is 24.5 Å². The van der Waals surface area contributed by atoms with Crippen molar-refractivity contribution in [1.82, 2.24) is 30.4 Å². The number of ether oxygens (including phenoxy) is 4. The second-order valence-corrected chi connectivity index (χ2v) is 14.8. The number of carbonyl (C=O) groups is 4. The molecule has 2 aromatic rings. The van der Waals surface area contributed by atoms with Crippen LogP contribution < -0.4 is 20.1 Å². The molecule has 15 nitrogen and oxygen atoms in total. The Morgan fingerprint density at radius 1 is 0.745 bits per heavy atom. The quantitative estimate of drug-likeness (QED) is 0.292. The van der Waals surface area contributed by atoms with Gasteiger partial charge in [-0.15, -0.1) is 0 Å². The number of rotatable bonds is 8. The van der Waals surface area contributed by atoms with E-state index in [9.17, 15) is 36.7 Å². The molecule has 2 N–H and O–H groups in total. The number of alkyl halides is 4. The van der Waals surface area contributed by atoms with Crippen LogP contribution in [0, 0.1) is 11.3 Å². The highest BCUT2D eigenvalue weighted by Crippen LogP contribution is 2.26. The van der Waals surface area contributed by atoms with E-state index in [2.05, 4.69) is 30.1 Å². The van der Waals surface area contributed by atoms with Crippen LogP contribution in [0.4, 0.5) is 27.2 Å². The number of nitrogens with one attached hydrogen (secondary N) is 2. The highest BCUT2D eigenvalue weighted by atomic mass is 35.5. The monoisotopic (exact) mass is 801 g/mol. The molecule has 302 valence electrons. The van der Waals surface area contributed by atoms with Crippen molar-refractivity contribution in [3.05, 3.63) is 46.5 Å². The minimum atomic E-state index is -3.12. The molecular weight excluding hydrogens is 758 g/mol. The largest absolute Gasteiger partial charge is 0.444 e. The van der Waals surface area contributed by atoms with E-state index in [1.807, 2.05) is 0 Å².